The molecule has 2 aromatic heterocycles. The van der Waals surface area contributed by atoms with Gasteiger partial charge in [0, 0.05) is 22.0 Å². The van der Waals surface area contributed by atoms with Crippen LogP contribution in [0.15, 0.2) is 100 Å². The first kappa shape index (κ1) is 22.8. The number of hydrogen-bond acceptors (Lipinski definition) is 3. The molecule has 0 spiro atoms. The minimum Gasteiger partial charge on any atom is -0.354 e. The summed E-state index contributed by atoms with van der Waals surface area (Å²) in [5.41, 5.74) is 10.5. The van der Waals surface area contributed by atoms with Crippen LogP contribution in [0.4, 0.5) is 11.4 Å². The summed E-state index contributed by atoms with van der Waals surface area (Å²) in [5.74, 6) is 0. The molecule has 34 heavy (non-hydrogen) atoms. The van der Waals surface area contributed by atoms with E-state index in [1.165, 1.54) is 44.3 Å². The van der Waals surface area contributed by atoms with Crippen molar-refractivity contribution in [1.82, 2.24) is 0 Å². The number of hydrogen-bond donors (Lipinski definition) is 1. The van der Waals surface area contributed by atoms with E-state index in [1.54, 1.807) is 11.3 Å². The summed E-state index contributed by atoms with van der Waals surface area (Å²) in [5, 5.41) is 14.4. The third-order valence-corrected chi connectivity index (χ3v) is 9.66. The second kappa shape index (κ2) is 9.75. The normalized spacial score (nSPS) is 11.5. The van der Waals surface area contributed by atoms with Crippen LogP contribution in [-0.4, -0.2) is 8.07 Å². The predicted octanol–water partition coefficient (Wildman–Crippen LogP) is 9.02. The first-order valence-electron chi connectivity index (χ1n) is 11.6. The van der Waals surface area contributed by atoms with Gasteiger partial charge in [0.05, 0.1) is 13.8 Å². The van der Waals surface area contributed by atoms with Gasteiger partial charge in [0.25, 0.3) is 0 Å². The summed E-state index contributed by atoms with van der Waals surface area (Å²) in [6.07, 6.45) is 0.967. The fourth-order valence-corrected chi connectivity index (χ4v) is 8.29. The maximum Gasteiger partial charge on any atom is 0.0792 e. The van der Waals surface area contributed by atoms with Crippen LogP contribution in [0.2, 0.25) is 19.6 Å². The van der Waals surface area contributed by atoms with Gasteiger partial charge in [0.2, 0.25) is 0 Å². The molecule has 2 heterocycles. The van der Waals surface area contributed by atoms with E-state index in [-0.39, 0.29) is 0 Å². The second-order valence-corrected chi connectivity index (χ2v) is 16.1. The van der Waals surface area contributed by atoms with Crippen LogP contribution in [0.5, 0.6) is 0 Å². The molecule has 170 valence electrons. The van der Waals surface area contributed by atoms with Crippen molar-refractivity contribution in [1.29, 1.82) is 0 Å². The lowest BCUT2D eigenvalue weighted by Crippen LogP contribution is -2.40. The molecule has 0 amide bonds. The van der Waals surface area contributed by atoms with Gasteiger partial charge in [-0.1, -0.05) is 86.4 Å². The van der Waals surface area contributed by atoms with Crippen molar-refractivity contribution in [2.45, 2.75) is 26.1 Å². The zero-order valence-electron chi connectivity index (χ0n) is 19.8. The summed E-state index contributed by atoms with van der Waals surface area (Å²) >= 11 is 3.58. The maximum atomic E-state index is 3.66. The highest BCUT2D eigenvalue weighted by molar-refractivity contribution is 7.09. The van der Waals surface area contributed by atoms with Crippen molar-refractivity contribution >= 4 is 47.3 Å². The van der Waals surface area contributed by atoms with Crippen molar-refractivity contribution in [2.24, 2.45) is 0 Å². The Kier molecular flexibility index (Phi) is 6.55. The predicted molar refractivity (Wildman–Crippen MR) is 155 cm³/mol. The molecule has 0 aliphatic rings. The van der Waals surface area contributed by atoms with Gasteiger partial charge in [0.1, 0.15) is 0 Å². The first-order valence-corrected chi connectivity index (χ1v) is 17.0. The van der Waals surface area contributed by atoms with E-state index in [9.17, 15) is 0 Å². The molecule has 1 N–H and O–H groups in total. The Bertz CT molecular complexity index is 1280. The van der Waals surface area contributed by atoms with Gasteiger partial charge in [-0.15, -0.1) is 11.3 Å². The Balaban J connectivity index is 1.61. The fourth-order valence-electron chi connectivity index (χ4n) is 4.60. The summed E-state index contributed by atoms with van der Waals surface area (Å²) in [7, 11) is -1.68. The van der Waals surface area contributed by atoms with E-state index in [1.807, 2.05) is 11.3 Å². The van der Waals surface area contributed by atoms with E-state index in [0.29, 0.717) is 0 Å². The van der Waals surface area contributed by atoms with Crippen LogP contribution in [0.3, 0.4) is 0 Å². The quantitative estimate of drug-likeness (QED) is 0.222. The molecule has 0 radical (unpaired) electrons. The average Bonchev–Trinajstić information content (AvgIpc) is 3.49. The van der Waals surface area contributed by atoms with Gasteiger partial charge in [-0.05, 0) is 62.3 Å². The molecular formula is C30H29NS2Si. The van der Waals surface area contributed by atoms with E-state index >= 15 is 0 Å². The molecule has 0 saturated heterocycles. The zero-order chi connectivity index (χ0) is 23.5. The smallest absolute Gasteiger partial charge is 0.0792 e. The SMILES string of the molecule is C[Si](C)(C)c1c(-c2cscc2Cc2ccccc2)cccc1-c1cscc1Nc1ccccc1. The zero-order valence-corrected chi connectivity index (χ0v) is 22.5. The number of para-hydroxylation sites is 1. The second-order valence-electron chi connectivity index (χ2n) is 9.64. The van der Waals surface area contributed by atoms with Crippen LogP contribution >= 0.6 is 22.7 Å². The Morgan fingerprint density at radius 3 is 1.94 bits per heavy atom. The Labute approximate surface area is 211 Å². The monoisotopic (exact) mass is 495 g/mol. The van der Waals surface area contributed by atoms with Crippen molar-refractivity contribution in [3.63, 3.8) is 0 Å². The van der Waals surface area contributed by atoms with Crippen molar-refractivity contribution in [2.75, 3.05) is 5.32 Å². The lowest BCUT2D eigenvalue weighted by Gasteiger charge is -2.26. The van der Waals surface area contributed by atoms with Crippen molar-refractivity contribution in [3.05, 3.63) is 112 Å². The van der Waals surface area contributed by atoms with E-state index in [2.05, 4.69) is 125 Å². The van der Waals surface area contributed by atoms with Gasteiger partial charge in [-0.25, -0.2) is 0 Å². The molecule has 3 aromatic carbocycles. The molecule has 0 aliphatic heterocycles. The van der Waals surface area contributed by atoms with Crippen LogP contribution in [-0.2, 0) is 6.42 Å². The molecule has 0 unspecified atom stereocenters. The summed E-state index contributed by atoms with van der Waals surface area (Å²) in [6, 6.07) is 28.2. The fraction of sp³-hybridized carbons (Fsp3) is 0.133. The molecule has 4 heteroatoms. The van der Waals surface area contributed by atoms with Gasteiger partial charge in [-0.3, -0.25) is 0 Å². The van der Waals surface area contributed by atoms with Gasteiger partial charge in [0.15, 0.2) is 0 Å². The number of rotatable bonds is 7. The minimum atomic E-state index is -1.68. The molecule has 0 saturated carbocycles. The highest BCUT2D eigenvalue weighted by Gasteiger charge is 2.27. The van der Waals surface area contributed by atoms with E-state index < -0.39 is 8.07 Å². The maximum absolute atomic E-state index is 3.66. The molecule has 1 nitrogen and oxygen atoms in total. The summed E-state index contributed by atoms with van der Waals surface area (Å²) in [6.45, 7) is 7.40. The van der Waals surface area contributed by atoms with Crippen LogP contribution in [0.1, 0.15) is 11.1 Å². The molecule has 0 aliphatic carbocycles. The molecule has 0 atom stereocenters. The van der Waals surface area contributed by atoms with Gasteiger partial charge < -0.3 is 5.32 Å². The minimum absolute atomic E-state index is 0.967. The van der Waals surface area contributed by atoms with E-state index in [4.69, 9.17) is 0 Å². The van der Waals surface area contributed by atoms with Gasteiger partial charge in [-0.2, -0.15) is 11.3 Å². The Hall–Kier alpha value is -2.92. The topological polar surface area (TPSA) is 12.0 Å². The first-order chi connectivity index (χ1) is 16.5. The Morgan fingerprint density at radius 2 is 1.24 bits per heavy atom. The third kappa shape index (κ3) is 4.80. The van der Waals surface area contributed by atoms with Crippen LogP contribution in [0, 0.1) is 0 Å². The van der Waals surface area contributed by atoms with Crippen molar-refractivity contribution in [3.8, 4) is 22.3 Å². The molecule has 0 fully saturated rings. The molecule has 0 bridgehead atoms. The summed E-state index contributed by atoms with van der Waals surface area (Å²) in [4.78, 5) is 0. The lowest BCUT2D eigenvalue weighted by atomic mass is 9.96. The van der Waals surface area contributed by atoms with Crippen LogP contribution in [0.25, 0.3) is 22.3 Å². The van der Waals surface area contributed by atoms with E-state index in [0.717, 1.165) is 12.1 Å². The Morgan fingerprint density at radius 1 is 0.618 bits per heavy atom. The van der Waals surface area contributed by atoms with Gasteiger partial charge >= 0.3 is 0 Å². The number of anilines is 2. The largest absolute Gasteiger partial charge is 0.354 e. The van der Waals surface area contributed by atoms with Crippen molar-refractivity contribution < 1.29 is 0 Å². The highest BCUT2D eigenvalue weighted by Crippen LogP contribution is 2.37. The number of nitrogens with one attached hydrogen (secondary N) is 1. The van der Waals surface area contributed by atoms with Crippen LogP contribution < -0.4 is 10.5 Å². The standard InChI is InChI=1S/C30H29NS2Si/c1-34(2,3)30-25(27-19-32-18-23(27)17-22-11-6-4-7-12-22)15-10-16-26(30)28-20-33-21-29(28)31-24-13-8-5-9-14-24/h4-16,18-21,31H,17H2,1-3H3. The molecule has 5 aromatic rings. The lowest BCUT2D eigenvalue weighted by molar-refractivity contribution is 1.21. The molecular weight excluding hydrogens is 467 g/mol. The number of benzene rings is 3. The third-order valence-electron chi connectivity index (χ3n) is 6.09. The summed E-state index contributed by atoms with van der Waals surface area (Å²) < 4.78 is 0. The average molecular weight is 496 g/mol. The highest BCUT2D eigenvalue weighted by atomic mass is 32.1. The number of thiophene rings is 2. The molecule has 5 rings (SSSR count).